The number of rotatable bonds is 7. The van der Waals surface area contributed by atoms with E-state index in [1.807, 2.05) is 0 Å². The minimum absolute atomic E-state index is 0.0614. The molecule has 1 heterocycles. The standard InChI is InChI=1S/C10H18O5/c1-13-5-2-6-14-7-8-3-4-9(15-8)10(11)12/h8-9H,2-7H2,1H3,(H,11,12). The quantitative estimate of drug-likeness (QED) is 0.636. The van der Waals surface area contributed by atoms with Crippen molar-refractivity contribution >= 4 is 5.97 Å². The highest BCUT2D eigenvalue weighted by molar-refractivity contribution is 5.72. The van der Waals surface area contributed by atoms with E-state index in [1.54, 1.807) is 7.11 Å². The maximum absolute atomic E-state index is 10.6. The van der Waals surface area contributed by atoms with Crippen LogP contribution in [0.2, 0.25) is 0 Å². The first-order valence-corrected chi connectivity index (χ1v) is 5.19. The molecule has 0 bridgehead atoms. The predicted molar refractivity (Wildman–Crippen MR) is 52.8 cm³/mol. The topological polar surface area (TPSA) is 65.0 Å². The average Bonchev–Trinajstić information content (AvgIpc) is 2.66. The summed E-state index contributed by atoms with van der Waals surface area (Å²) in [5.41, 5.74) is 0. The van der Waals surface area contributed by atoms with Gasteiger partial charge < -0.3 is 19.3 Å². The van der Waals surface area contributed by atoms with Crippen molar-refractivity contribution in [3.8, 4) is 0 Å². The fourth-order valence-corrected chi connectivity index (χ4v) is 1.53. The van der Waals surface area contributed by atoms with Crippen LogP contribution in [0.4, 0.5) is 0 Å². The Kier molecular flexibility index (Phi) is 5.60. The molecule has 1 aliphatic heterocycles. The lowest BCUT2D eigenvalue weighted by Gasteiger charge is -2.11. The van der Waals surface area contributed by atoms with E-state index in [-0.39, 0.29) is 6.10 Å². The molecule has 15 heavy (non-hydrogen) atoms. The van der Waals surface area contributed by atoms with Crippen LogP contribution in [0.15, 0.2) is 0 Å². The number of carboxylic acid groups (broad SMARTS) is 1. The first kappa shape index (κ1) is 12.4. The Morgan fingerprint density at radius 2 is 2.27 bits per heavy atom. The van der Waals surface area contributed by atoms with Gasteiger partial charge in [0.2, 0.25) is 0 Å². The maximum atomic E-state index is 10.6. The molecule has 0 aliphatic carbocycles. The van der Waals surface area contributed by atoms with E-state index in [0.29, 0.717) is 26.2 Å². The molecule has 5 nitrogen and oxygen atoms in total. The molecular weight excluding hydrogens is 200 g/mol. The van der Waals surface area contributed by atoms with E-state index >= 15 is 0 Å². The van der Waals surface area contributed by atoms with Crippen LogP contribution >= 0.6 is 0 Å². The molecule has 0 aromatic carbocycles. The van der Waals surface area contributed by atoms with Gasteiger partial charge in [-0.25, -0.2) is 4.79 Å². The number of methoxy groups -OCH3 is 1. The van der Waals surface area contributed by atoms with E-state index in [9.17, 15) is 4.79 Å². The van der Waals surface area contributed by atoms with Gasteiger partial charge in [0.1, 0.15) is 0 Å². The Labute approximate surface area is 89.3 Å². The molecule has 1 aliphatic rings. The molecular formula is C10H18O5. The van der Waals surface area contributed by atoms with Crippen LogP contribution in [0.5, 0.6) is 0 Å². The lowest BCUT2D eigenvalue weighted by Crippen LogP contribution is -2.23. The molecule has 1 N–H and O–H groups in total. The minimum atomic E-state index is -0.878. The molecule has 2 unspecified atom stereocenters. The number of carbonyl (C=O) groups is 1. The maximum Gasteiger partial charge on any atom is 0.332 e. The number of hydrogen-bond acceptors (Lipinski definition) is 4. The van der Waals surface area contributed by atoms with Gasteiger partial charge in [0.25, 0.3) is 0 Å². The largest absolute Gasteiger partial charge is 0.479 e. The Balaban J connectivity index is 2.01. The van der Waals surface area contributed by atoms with Crippen molar-refractivity contribution in [2.75, 3.05) is 26.9 Å². The molecule has 0 amide bonds. The predicted octanol–water partition coefficient (Wildman–Crippen LogP) is 0.672. The van der Waals surface area contributed by atoms with Gasteiger partial charge in [-0.05, 0) is 19.3 Å². The van der Waals surface area contributed by atoms with Gasteiger partial charge in [-0.15, -0.1) is 0 Å². The molecule has 5 heteroatoms. The summed E-state index contributed by atoms with van der Waals surface area (Å²) in [4.78, 5) is 10.6. The molecule has 88 valence electrons. The highest BCUT2D eigenvalue weighted by Gasteiger charge is 2.30. The zero-order valence-electron chi connectivity index (χ0n) is 8.98. The monoisotopic (exact) mass is 218 g/mol. The average molecular weight is 218 g/mol. The van der Waals surface area contributed by atoms with E-state index in [4.69, 9.17) is 19.3 Å². The van der Waals surface area contributed by atoms with Crippen LogP contribution in [0.25, 0.3) is 0 Å². The third kappa shape index (κ3) is 4.59. The lowest BCUT2D eigenvalue weighted by atomic mass is 10.2. The number of ether oxygens (including phenoxy) is 3. The molecule has 0 radical (unpaired) electrons. The van der Waals surface area contributed by atoms with E-state index in [0.717, 1.165) is 12.8 Å². The summed E-state index contributed by atoms with van der Waals surface area (Å²) in [6, 6.07) is 0. The van der Waals surface area contributed by atoms with E-state index < -0.39 is 12.1 Å². The van der Waals surface area contributed by atoms with Crippen molar-refractivity contribution in [1.82, 2.24) is 0 Å². The third-order valence-electron chi connectivity index (χ3n) is 2.32. The lowest BCUT2D eigenvalue weighted by molar-refractivity contribution is -0.150. The van der Waals surface area contributed by atoms with Crippen molar-refractivity contribution in [2.24, 2.45) is 0 Å². The summed E-state index contributed by atoms with van der Waals surface area (Å²) in [6.45, 7) is 1.79. The van der Waals surface area contributed by atoms with Gasteiger partial charge in [-0.1, -0.05) is 0 Å². The summed E-state index contributed by atoms with van der Waals surface area (Å²) in [7, 11) is 1.65. The summed E-state index contributed by atoms with van der Waals surface area (Å²) in [6.07, 6.45) is 1.50. The summed E-state index contributed by atoms with van der Waals surface area (Å²) < 4.78 is 15.5. The number of hydrogen-bond donors (Lipinski definition) is 1. The van der Waals surface area contributed by atoms with Gasteiger partial charge in [-0.3, -0.25) is 0 Å². The first-order valence-electron chi connectivity index (χ1n) is 5.19. The Bertz CT molecular complexity index is 194. The molecule has 0 saturated carbocycles. The molecule has 1 fully saturated rings. The molecule has 0 spiro atoms. The van der Waals surface area contributed by atoms with E-state index in [1.165, 1.54) is 0 Å². The fraction of sp³-hybridized carbons (Fsp3) is 0.900. The van der Waals surface area contributed by atoms with Gasteiger partial charge in [0.05, 0.1) is 12.7 Å². The Morgan fingerprint density at radius 3 is 2.87 bits per heavy atom. The molecule has 1 rings (SSSR count). The van der Waals surface area contributed by atoms with Gasteiger partial charge in [-0.2, -0.15) is 0 Å². The van der Waals surface area contributed by atoms with Crippen molar-refractivity contribution < 1.29 is 24.1 Å². The smallest absolute Gasteiger partial charge is 0.332 e. The SMILES string of the molecule is COCCCOCC1CCC(C(=O)O)O1. The van der Waals surface area contributed by atoms with E-state index in [2.05, 4.69) is 0 Å². The first-order chi connectivity index (χ1) is 7.24. The van der Waals surface area contributed by atoms with Crippen molar-refractivity contribution in [1.29, 1.82) is 0 Å². The molecule has 0 aromatic heterocycles. The Hall–Kier alpha value is -0.650. The van der Waals surface area contributed by atoms with Crippen molar-refractivity contribution in [2.45, 2.75) is 31.5 Å². The fourth-order valence-electron chi connectivity index (χ4n) is 1.53. The van der Waals surface area contributed by atoms with Crippen LogP contribution in [0.1, 0.15) is 19.3 Å². The molecule has 1 saturated heterocycles. The van der Waals surface area contributed by atoms with Crippen molar-refractivity contribution in [3.05, 3.63) is 0 Å². The molecule has 0 aromatic rings. The Morgan fingerprint density at radius 1 is 1.47 bits per heavy atom. The zero-order valence-corrected chi connectivity index (χ0v) is 8.98. The van der Waals surface area contributed by atoms with Crippen LogP contribution in [-0.4, -0.2) is 50.2 Å². The van der Waals surface area contributed by atoms with Crippen LogP contribution in [-0.2, 0) is 19.0 Å². The van der Waals surface area contributed by atoms with Gasteiger partial charge in [0.15, 0.2) is 6.10 Å². The van der Waals surface area contributed by atoms with Crippen molar-refractivity contribution in [3.63, 3.8) is 0 Å². The minimum Gasteiger partial charge on any atom is -0.479 e. The van der Waals surface area contributed by atoms with Gasteiger partial charge >= 0.3 is 5.97 Å². The second-order valence-corrected chi connectivity index (χ2v) is 3.58. The zero-order chi connectivity index (χ0) is 11.1. The number of aliphatic carboxylic acids is 1. The van der Waals surface area contributed by atoms with Crippen LogP contribution < -0.4 is 0 Å². The highest BCUT2D eigenvalue weighted by Crippen LogP contribution is 2.19. The second-order valence-electron chi connectivity index (χ2n) is 3.58. The highest BCUT2D eigenvalue weighted by atomic mass is 16.6. The summed E-state index contributed by atoms with van der Waals surface area (Å²) >= 11 is 0. The van der Waals surface area contributed by atoms with Crippen LogP contribution in [0, 0.1) is 0 Å². The van der Waals surface area contributed by atoms with Gasteiger partial charge in [0, 0.05) is 20.3 Å². The second kappa shape index (κ2) is 6.76. The third-order valence-corrected chi connectivity index (χ3v) is 2.32. The summed E-state index contributed by atoms with van der Waals surface area (Å²) in [5, 5.41) is 8.69. The van der Waals surface area contributed by atoms with Crippen LogP contribution in [0.3, 0.4) is 0 Å². The number of carboxylic acids is 1. The summed E-state index contributed by atoms with van der Waals surface area (Å²) in [5.74, 6) is -0.878. The normalized spacial score (nSPS) is 25.7. The molecule has 2 atom stereocenters.